The zero-order valence-electron chi connectivity index (χ0n) is 21.0. The fourth-order valence-corrected chi connectivity index (χ4v) is 23.1. The molecule has 2 aromatic heterocycles. The SMILES string of the molecule is CCC[CH2][Sn]([CH2]CCC)([CH2]CCC)[C]1=C[C@@H](n2cnc3c(N)ncnc32)[C@@H]2OC(C)(C)O[C@H]12. The van der Waals surface area contributed by atoms with Crippen molar-refractivity contribution in [2.75, 3.05) is 5.73 Å². The Bertz CT molecular complexity index is 967. The van der Waals surface area contributed by atoms with E-state index < -0.39 is 24.2 Å². The van der Waals surface area contributed by atoms with Crippen molar-refractivity contribution in [1.29, 1.82) is 0 Å². The van der Waals surface area contributed by atoms with Crippen LogP contribution in [-0.4, -0.2) is 55.9 Å². The third-order valence-corrected chi connectivity index (χ3v) is 23.5. The predicted octanol–water partition coefficient (Wildman–Crippen LogP) is 5.80. The Kier molecular flexibility index (Phi) is 7.70. The summed E-state index contributed by atoms with van der Waals surface area (Å²) >= 11 is -2.71. The average molecular weight is 562 g/mol. The van der Waals surface area contributed by atoms with Crippen molar-refractivity contribution >= 4 is 35.4 Å². The summed E-state index contributed by atoms with van der Waals surface area (Å²) < 4.78 is 21.2. The topological polar surface area (TPSA) is 88.1 Å². The van der Waals surface area contributed by atoms with Crippen molar-refractivity contribution in [3.63, 3.8) is 0 Å². The van der Waals surface area contributed by atoms with Gasteiger partial charge in [-0.3, -0.25) is 0 Å². The number of unbranched alkanes of at least 4 members (excludes halogenated alkanes) is 3. The molecular formula is C25H41N5O2Sn. The quantitative estimate of drug-likeness (QED) is 0.349. The van der Waals surface area contributed by atoms with Gasteiger partial charge < -0.3 is 0 Å². The number of rotatable bonds is 11. The molecule has 1 fully saturated rings. The molecule has 0 saturated carbocycles. The van der Waals surface area contributed by atoms with E-state index in [0.29, 0.717) is 11.3 Å². The van der Waals surface area contributed by atoms with Crippen LogP contribution in [0.25, 0.3) is 11.2 Å². The maximum atomic E-state index is 6.67. The molecule has 0 spiro atoms. The molecule has 182 valence electrons. The van der Waals surface area contributed by atoms with E-state index in [1.54, 1.807) is 3.59 Å². The van der Waals surface area contributed by atoms with Gasteiger partial charge in [0.2, 0.25) is 0 Å². The van der Waals surface area contributed by atoms with Crippen LogP contribution in [0.1, 0.15) is 79.2 Å². The molecule has 0 aromatic carbocycles. The molecule has 3 atom stereocenters. The molecule has 0 amide bonds. The molecule has 33 heavy (non-hydrogen) atoms. The van der Waals surface area contributed by atoms with Crippen molar-refractivity contribution in [3.8, 4) is 0 Å². The molecule has 0 unspecified atom stereocenters. The number of imidazole rings is 1. The van der Waals surface area contributed by atoms with Gasteiger partial charge in [0.15, 0.2) is 0 Å². The van der Waals surface area contributed by atoms with Crippen LogP contribution in [0.5, 0.6) is 0 Å². The van der Waals surface area contributed by atoms with E-state index in [1.165, 1.54) is 58.2 Å². The Labute approximate surface area is 202 Å². The van der Waals surface area contributed by atoms with Gasteiger partial charge in [-0.2, -0.15) is 0 Å². The zero-order chi connectivity index (χ0) is 23.6. The third kappa shape index (κ3) is 4.82. The molecule has 2 aromatic rings. The molecule has 3 heterocycles. The summed E-state index contributed by atoms with van der Waals surface area (Å²) in [5, 5.41) is 0. The van der Waals surface area contributed by atoms with E-state index in [-0.39, 0.29) is 18.2 Å². The summed E-state index contributed by atoms with van der Waals surface area (Å²) in [5.41, 5.74) is 7.52. The second-order valence-electron chi connectivity index (χ2n) is 10.3. The first-order valence-corrected chi connectivity index (χ1v) is 20.3. The number of hydrogen-bond acceptors (Lipinski definition) is 6. The van der Waals surface area contributed by atoms with E-state index >= 15 is 0 Å². The molecule has 4 rings (SSSR count). The number of aromatic nitrogens is 4. The molecule has 1 aliphatic carbocycles. The summed E-state index contributed by atoms with van der Waals surface area (Å²) in [6.45, 7) is 11.1. The van der Waals surface area contributed by atoms with Gasteiger partial charge in [0.1, 0.15) is 0 Å². The number of hydrogen-bond donors (Lipinski definition) is 1. The van der Waals surface area contributed by atoms with Crippen LogP contribution in [0.2, 0.25) is 13.3 Å². The van der Waals surface area contributed by atoms with E-state index in [1.807, 2.05) is 20.2 Å². The van der Waals surface area contributed by atoms with Gasteiger partial charge >= 0.3 is 203 Å². The van der Waals surface area contributed by atoms with Crippen LogP contribution in [-0.2, 0) is 9.47 Å². The van der Waals surface area contributed by atoms with Gasteiger partial charge in [0, 0.05) is 0 Å². The summed E-state index contributed by atoms with van der Waals surface area (Å²) in [6, 6.07) is 0.0204. The third-order valence-electron chi connectivity index (χ3n) is 7.47. The monoisotopic (exact) mass is 563 g/mol. The van der Waals surface area contributed by atoms with Crippen LogP contribution < -0.4 is 5.73 Å². The first-order chi connectivity index (χ1) is 15.9. The van der Waals surface area contributed by atoms with Gasteiger partial charge in [0.25, 0.3) is 0 Å². The number of nitrogens with zero attached hydrogens (tertiary/aromatic N) is 4. The minimum absolute atomic E-state index is 0.0204. The van der Waals surface area contributed by atoms with Crippen molar-refractivity contribution in [2.24, 2.45) is 0 Å². The fraction of sp³-hybridized carbons (Fsp3) is 0.720. The molecule has 0 radical (unpaired) electrons. The molecule has 1 saturated heterocycles. The van der Waals surface area contributed by atoms with Crippen LogP contribution in [0, 0.1) is 0 Å². The Morgan fingerprint density at radius 2 is 1.61 bits per heavy atom. The Morgan fingerprint density at radius 1 is 0.970 bits per heavy atom. The molecule has 8 heteroatoms. The predicted molar refractivity (Wildman–Crippen MR) is 136 cm³/mol. The zero-order valence-corrected chi connectivity index (χ0v) is 23.9. The van der Waals surface area contributed by atoms with E-state index in [0.717, 1.165) is 5.65 Å². The number of anilines is 1. The van der Waals surface area contributed by atoms with E-state index in [2.05, 4.69) is 46.4 Å². The number of nitrogen functional groups attached to an aromatic ring is 1. The second kappa shape index (κ2) is 10.2. The number of ether oxygens (including phenoxy) is 2. The van der Waals surface area contributed by atoms with Gasteiger partial charge in [0.05, 0.1) is 0 Å². The Hall–Kier alpha value is -1.19. The van der Waals surface area contributed by atoms with Crippen LogP contribution in [0.4, 0.5) is 5.82 Å². The van der Waals surface area contributed by atoms with Gasteiger partial charge in [-0.1, -0.05) is 0 Å². The van der Waals surface area contributed by atoms with E-state index in [4.69, 9.17) is 15.2 Å². The molecule has 2 aliphatic rings. The molecule has 7 nitrogen and oxygen atoms in total. The summed E-state index contributed by atoms with van der Waals surface area (Å²) in [7, 11) is 0. The standard InChI is InChI=1S/C13H14N5O2.3C4H9.Sn/c1-13(2)19-8-4-3-7(10(8)20-13)18-6-17-9-11(14)15-5-16-12(9)18;3*1-3-4-2;/h3,5-8,10H,1-2H3,(H2,14,15,16);3*1,3-4H2,2H3;/t7-,8-,10+;;;;/m1..../s1. The molecule has 0 bridgehead atoms. The van der Waals surface area contributed by atoms with Crippen molar-refractivity contribution in [1.82, 2.24) is 19.5 Å². The molecular weight excluding hydrogens is 521 g/mol. The number of nitrogens with two attached hydrogens (primary N) is 1. The summed E-state index contributed by atoms with van der Waals surface area (Å²) in [4.78, 5) is 13.2. The summed E-state index contributed by atoms with van der Waals surface area (Å²) in [6.07, 6.45) is 13.6. The number of fused-ring (bicyclic) bond motifs is 2. The second-order valence-corrected chi connectivity index (χ2v) is 23.5. The van der Waals surface area contributed by atoms with Crippen LogP contribution >= 0.6 is 0 Å². The van der Waals surface area contributed by atoms with Gasteiger partial charge in [-0.25, -0.2) is 0 Å². The van der Waals surface area contributed by atoms with E-state index in [9.17, 15) is 0 Å². The average Bonchev–Trinajstić information content (AvgIpc) is 3.45. The van der Waals surface area contributed by atoms with Gasteiger partial charge in [-0.15, -0.1) is 0 Å². The normalized spacial score (nSPS) is 24.4. The molecule has 1 aliphatic heterocycles. The van der Waals surface area contributed by atoms with Crippen LogP contribution in [0.3, 0.4) is 0 Å². The maximum absolute atomic E-state index is 6.67. The first kappa shape index (κ1) is 24.9. The minimum atomic E-state index is -2.71. The van der Waals surface area contributed by atoms with Gasteiger partial charge in [-0.05, 0) is 0 Å². The Balaban J connectivity index is 1.82. The summed E-state index contributed by atoms with van der Waals surface area (Å²) in [5.74, 6) is -0.168. The van der Waals surface area contributed by atoms with Crippen molar-refractivity contribution in [2.45, 2.75) is 110 Å². The van der Waals surface area contributed by atoms with Crippen molar-refractivity contribution < 1.29 is 9.47 Å². The van der Waals surface area contributed by atoms with Crippen LogP contribution in [0.15, 0.2) is 22.3 Å². The fourth-order valence-electron chi connectivity index (χ4n) is 5.81. The van der Waals surface area contributed by atoms with Crippen molar-refractivity contribution in [3.05, 3.63) is 22.3 Å². The first-order valence-electron chi connectivity index (χ1n) is 12.9. The molecule has 2 N–H and O–H groups in total. The Morgan fingerprint density at radius 3 is 2.21 bits per heavy atom.